The predicted octanol–water partition coefficient (Wildman–Crippen LogP) is 4.37. The molecular formula is C14H19. The summed E-state index contributed by atoms with van der Waals surface area (Å²) in [6.45, 7) is 0. The van der Waals surface area contributed by atoms with Crippen LogP contribution in [0.4, 0.5) is 0 Å². The third kappa shape index (κ3) is 6.47. The summed E-state index contributed by atoms with van der Waals surface area (Å²) in [6, 6.07) is 0. The van der Waals surface area contributed by atoms with E-state index in [1.807, 2.05) is 0 Å². The molecule has 1 aliphatic carbocycles. The van der Waals surface area contributed by atoms with Crippen LogP contribution in [-0.2, 0) is 0 Å². The van der Waals surface area contributed by atoms with Gasteiger partial charge in [0.1, 0.15) is 0 Å². The van der Waals surface area contributed by atoms with Crippen LogP contribution in [0, 0.1) is 6.08 Å². The normalized spacial score (nSPS) is 28.6. The van der Waals surface area contributed by atoms with Crippen LogP contribution in [0.2, 0.25) is 0 Å². The highest BCUT2D eigenvalue weighted by atomic mass is 13.9. The number of rotatable bonds is 0. The molecule has 0 N–H and O–H groups in total. The molecule has 0 saturated heterocycles. The summed E-state index contributed by atoms with van der Waals surface area (Å²) in [5, 5.41) is 0. The SMILES string of the molecule is [C]1=C/C/C=C\C=C\CCCC/C=C/C/1. The minimum atomic E-state index is 0.962. The lowest BCUT2D eigenvalue weighted by Gasteiger charge is -1.92. The molecule has 1 rings (SSSR count). The molecular weight excluding hydrogens is 168 g/mol. The second-order valence-electron chi connectivity index (χ2n) is 3.46. The summed E-state index contributed by atoms with van der Waals surface area (Å²) < 4.78 is 0. The highest BCUT2D eigenvalue weighted by Crippen LogP contribution is 2.03. The summed E-state index contributed by atoms with van der Waals surface area (Å²) >= 11 is 0. The van der Waals surface area contributed by atoms with Gasteiger partial charge in [0.05, 0.1) is 0 Å². The highest BCUT2D eigenvalue weighted by Gasteiger charge is 1.83. The van der Waals surface area contributed by atoms with E-state index in [4.69, 9.17) is 0 Å². The molecule has 0 aromatic heterocycles. The quantitative estimate of drug-likeness (QED) is 0.494. The van der Waals surface area contributed by atoms with Crippen molar-refractivity contribution in [3.63, 3.8) is 0 Å². The van der Waals surface area contributed by atoms with Gasteiger partial charge in [0, 0.05) is 0 Å². The van der Waals surface area contributed by atoms with E-state index >= 15 is 0 Å². The van der Waals surface area contributed by atoms with Crippen LogP contribution >= 0.6 is 0 Å². The Kier molecular flexibility index (Phi) is 6.74. The molecule has 0 fully saturated rings. The minimum absolute atomic E-state index is 0.962. The number of allylic oxidation sites excluding steroid dienone is 8. The summed E-state index contributed by atoms with van der Waals surface area (Å²) in [5.41, 5.74) is 0. The molecule has 0 spiro atoms. The van der Waals surface area contributed by atoms with Gasteiger partial charge >= 0.3 is 0 Å². The number of hydrogen-bond donors (Lipinski definition) is 0. The summed E-state index contributed by atoms with van der Waals surface area (Å²) in [4.78, 5) is 0. The fraction of sp³-hybridized carbons (Fsp3) is 0.429. The zero-order valence-corrected chi connectivity index (χ0v) is 8.78. The van der Waals surface area contributed by atoms with Crippen molar-refractivity contribution in [2.75, 3.05) is 0 Å². The van der Waals surface area contributed by atoms with E-state index < -0.39 is 0 Å². The number of hydrogen-bond acceptors (Lipinski definition) is 0. The lowest BCUT2D eigenvalue weighted by molar-refractivity contribution is 0.761. The zero-order chi connectivity index (χ0) is 9.90. The molecule has 0 heterocycles. The van der Waals surface area contributed by atoms with Crippen LogP contribution < -0.4 is 0 Å². The Hall–Kier alpha value is -1.04. The first kappa shape index (κ1) is 11.0. The monoisotopic (exact) mass is 187 g/mol. The van der Waals surface area contributed by atoms with E-state index in [0.29, 0.717) is 0 Å². The van der Waals surface area contributed by atoms with E-state index in [-0.39, 0.29) is 0 Å². The summed E-state index contributed by atoms with van der Waals surface area (Å²) in [5.74, 6) is 0. The first-order valence-corrected chi connectivity index (χ1v) is 5.52. The van der Waals surface area contributed by atoms with Crippen molar-refractivity contribution >= 4 is 0 Å². The second kappa shape index (κ2) is 8.55. The largest absolute Gasteiger partial charge is 0.0882 e. The maximum Gasteiger partial charge on any atom is -0.00978 e. The maximum atomic E-state index is 3.25. The van der Waals surface area contributed by atoms with Gasteiger partial charge in [0.25, 0.3) is 0 Å². The predicted molar refractivity (Wildman–Crippen MR) is 62.9 cm³/mol. The van der Waals surface area contributed by atoms with E-state index in [9.17, 15) is 0 Å². The van der Waals surface area contributed by atoms with E-state index in [0.717, 1.165) is 12.8 Å². The third-order valence-electron chi connectivity index (χ3n) is 2.18. The molecule has 0 aromatic carbocycles. The molecule has 1 radical (unpaired) electrons. The second-order valence-corrected chi connectivity index (χ2v) is 3.46. The van der Waals surface area contributed by atoms with Crippen LogP contribution in [0.15, 0.2) is 42.5 Å². The highest BCUT2D eigenvalue weighted by molar-refractivity contribution is 5.04. The summed E-state index contributed by atoms with van der Waals surface area (Å²) in [6.07, 6.45) is 25.5. The molecule has 0 saturated carbocycles. The standard InChI is InChI=1S/C14H19/c1-2-4-6-8-10-12-14-13-11-9-7-5-3-1/h1-4,7,13-14H,5-6,8,10-12H2/b3-1-,4-2+,9-7?,14-13+. The Morgan fingerprint density at radius 2 is 1.57 bits per heavy atom. The topological polar surface area (TPSA) is 0 Å². The Labute approximate surface area is 87.7 Å². The van der Waals surface area contributed by atoms with Crippen LogP contribution in [0.25, 0.3) is 0 Å². The molecule has 0 heteroatoms. The van der Waals surface area contributed by atoms with Gasteiger partial charge in [0.15, 0.2) is 0 Å². The van der Waals surface area contributed by atoms with Gasteiger partial charge in [-0.2, -0.15) is 0 Å². The van der Waals surface area contributed by atoms with Gasteiger partial charge in [-0.15, -0.1) is 0 Å². The first-order chi connectivity index (χ1) is 7.00. The van der Waals surface area contributed by atoms with Crippen molar-refractivity contribution in [3.05, 3.63) is 48.6 Å². The van der Waals surface area contributed by atoms with Gasteiger partial charge in [-0.05, 0) is 44.6 Å². The van der Waals surface area contributed by atoms with Crippen molar-refractivity contribution in [1.29, 1.82) is 0 Å². The van der Waals surface area contributed by atoms with E-state index in [1.165, 1.54) is 25.7 Å². The molecule has 0 aliphatic heterocycles. The van der Waals surface area contributed by atoms with Gasteiger partial charge in [-0.3, -0.25) is 0 Å². The summed E-state index contributed by atoms with van der Waals surface area (Å²) in [7, 11) is 0. The van der Waals surface area contributed by atoms with Gasteiger partial charge in [-0.25, -0.2) is 0 Å². The molecule has 0 nitrogen and oxygen atoms in total. The molecule has 75 valence electrons. The van der Waals surface area contributed by atoms with E-state index in [2.05, 4.69) is 48.6 Å². The first-order valence-electron chi connectivity index (χ1n) is 5.52. The van der Waals surface area contributed by atoms with Crippen LogP contribution in [0.3, 0.4) is 0 Å². The Morgan fingerprint density at radius 3 is 2.50 bits per heavy atom. The molecule has 14 heavy (non-hydrogen) atoms. The Bertz CT molecular complexity index is 228. The van der Waals surface area contributed by atoms with Gasteiger partial charge in [0.2, 0.25) is 0 Å². The average molecular weight is 187 g/mol. The molecule has 0 amide bonds. The van der Waals surface area contributed by atoms with E-state index in [1.54, 1.807) is 0 Å². The average Bonchev–Trinajstić information content (AvgIpc) is 2.22. The van der Waals surface area contributed by atoms with Crippen molar-refractivity contribution in [3.8, 4) is 0 Å². The van der Waals surface area contributed by atoms with Crippen LogP contribution in [0.1, 0.15) is 38.5 Å². The van der Waals surface area contributed by atoms with Crippen LogP contribution in [-0.4, -0.2) is 0 Å². The fourth-order valence-electron chi connectivity index (χ4n) is 1.36. The van der Waals surface area contributed by atoms with Gasteiger partial charge < -0.3 is 0 Å². The minimum Gasteiger partial charge on any atom is -0.0882 e. The van der Waals surface area contributed by atoms with Gasteiger partial charge in [-0.1, -0.05) is 42.5 Å². The smallest absolute Gasteiger partial charge is 0.00978 e. The Balaban J connectivity index is 2.35. The molecule has 0 unspecified atom stereocenters. The fourth-order valence-corrected chi connectivity index (χ4v) is 1.36. The molecule has 1 aliphatic rings. The van der Waals surface area contributed by atoms with Crippen molar-refractivity contribution in [1.82, 2.24) is 0 Å². The molecule has 0 bridgehead atoms. The third-order valence-corrected chi connectivity index (χ3v) is 2.18. The van der Waals surface area contributed by atoms with Crippen molar-refractivity contribution < 1.29 is 0 Å². The lowest BCUT2D eigenvalue weighted by atomic mass is 10.1. The lowest BCUT2D eigenvalue weighted by Crippen LogP contribution is -1.73. The zero-order valence-electron chi connectivity index (χ0n) is 8.78. The Morgan fingerprint density at radius 1 is 0.786 bits per heavy atom. The van der Waals surface area contributed by atoms with Crippen LogP contribution in [0.5, 0.6) is 0 Å². The molecule has 0 aromatic rings. The van der Waals surface area contributed by atoms with Crippen molar-refractivity contribution in [2.45, 2.75) is 38.5 Å². The molecule has 0 atom stereocenters. The maximum absolute atomic E-state index is 3.25. The van der Waals surface area contributed by atoms with Crippen molar-refractivity contribution in [2.24, 2.45) is 0 Å².